The molecule has 70 valence electrons. The van der Waals surface area contributed by atoms with Gasteiger partial charge < -0.3 is 0 Å². The summed E-state index contributed by atoms with van der Waals surface area (Å²) < 4.78 is 0. The highest BCUT2D eigenvalue weighted by atomic mass is 35.5. The largest absolute Gasteiger partial charge is 0.157 e. The second-order valence-electron chi connectivity index (χ2n) is 2.72. The van der Waals surface area contributed by atoms with Gasteiger partial charge in [-0.05, 0) is 0 Å². The fourth-order valence-corrected chi connectivity index (χ4v) is 1.46. The SMILES string of the molecule is Clc1cnnc(-c2ccccc2)c1Cl. The molecule has 1 heterocycles. The first-order valence-electron chi connectivity index (χ1n) is 4.01. The van der Waals surface area contributed by atoms with Crippen LogP contribution >= 0.6 is 23.2 Å². The summed E-state index contributed by atoms with van der Waals surface area (Å²) in [6, 6.07) is 9.57. The zero-order chi connectivity index (χ0) is 9.97. The molecule has 0 amide bonds. The third-order valence-electron chi connectivity index (χ3n) is 1.79. The van der Waals surface area contributed by atoms with Crippen molar-refractivity contribution in [2.45, 2.75) is 0 Å². The molecule has 2 aromatic rings. The van der Waals surface area contributed by atoms with Crippen LogP contribution in [0.25, 0.3) is 11.3 Å². The average molecular weight is 225 g/mol. The molecule has 0 bridgehead atoms. The van der Waals surface area contributed by atoms with Crippen molar-refractivity contribution in [3.05, 3.63) is 46.6 Å². The van der Waals surface area contributed by atoms with Crippen LogP contribution in [0.2, 0.25) is 10.0 Å². The van der Waals surface area contributed by atoms with Gasteiger partial charge in [-0.25, -0.2) is 0 Å². The topological polar surface area (TPSA) is 25.8 Å². The first-order valence-corrected chi connectivity index (χ1v) is 4.77. The molecule has 0 saturated carbocycles. The van der Waals surface area contributed by atoms with Crippen molar-refractivity contribution in [2.75, 3.05) is 0 Å². The van der Waals surface area contributed by atoms with Crippen molar-refractivity contribution < 1.29 is 0 Å². The molecule has 0 saturated heterocycles. The van der Waals surface area contributed by atoms with Crippen molar-refractivity contribution in [3.63, 3.8) is 0 Å². The number of rotatable bonds is 1. The van der Waals surface area contributed by atoms with Crippen molar-refractivity contribution in [1.29, 1.82) is 0 Å². The second kappa shape index (κ2) is 3.95. The van der Waals surface area contributed by atoms with Gasteiger partial charge in [0, 0.05) is 5.56 Å². The minimum atomic E-state index is 0.417. The van der Waals surface area contributed by atoms with Crippen LogP contribution in [0.1, 0.15) is 0 Å². The summed E-state index contributed by atoms with van der Waals surface area (Å²) in [4.78, 5) is 0. The standard InChI is InChI=1S/C10H6Cl2N2/c11-8-6-13-14-10(9(8)12)7-4-2-1-3-5-7/h1-6H. The fraction of sp³-hybridized carbons (Fsp3) is 0. The third-order valence-corrected chi connectivity index (χ3v) is 2.56. The molecule has 0 aliphatic carbocycles. The number of hydrogen-bond acceptors (Lipinski definition) is 2. The van der Waals surface area contributed by atoms with Gasteiger partial charge in [0.2, 0.25) is 0 Å². The van der Waals surface area contributed by atoms with Crippen LogP contribution in [-0.4, -0.2) is 10.2 Å². The Balaban J connectivity index is 2.58. The van der Waals surface area contributed by atoms with Crippen LogP contribution in [-0.2, 0) is 0 Å². The van der Waals surface area contributed by atoms with E-state index >= 15 is 0 Å². The lowest BCUT2D eigenvalue weighted by molar-refractivity contribution is 1.04. The Hall–Kier alpha value is -1.12. The minimum absolute atomic E-state index is 0.417. The van der Waals surface area contributed by atoms with Gasteiger partial charge in [-0.1, -0.05) is 53.5 Å². The van der Waals surface area contributed by atoms with Crippen LogP contribution in [0.3, 0.4) is 0 Å². The molecule has 0 radical (unpaired) electrons. The van der Waals surface area contributed by atoms with E-state index in [-0.39, 0.29) is 0 Å². The molecular weight excluding hydrogens is 219 g/mol. The van der Waals surface area contributed by atoms with Gasteiger partial charge in [0.25, 0.3) is 0 Å². The third kappa shape index (κ3) is 1.72. The molecule has 0 aliphatic rings. The molecule has 0 unspecified atom stereocenters. The summed E-state index contributed by atoms with van der Waals surface area (Å²) in [5.41, 5.74) is 1.52. The molecule has 1 aromatic carbocycles. The quantitative estimate of drug-likeness (QED) is 0.742. The van der Waals surface area contributed by atoms with Crippen LogP contribution in [0.5, 0.6) is 0 Å². The highest BCUT2D eigenvalue weighted by molar-refractivity contribution is 6.43. The van der Waals surface area contributed by atoms with Crippen LogP contribution in [0.4, 0.5) is 0 Å². The maximum Gasteiger partial charge on any atom is 0.113 e. The van der Waals surface area contributed by atoms with Gasteiger partial charge in [0.05, 0.1) is 16.2 Å². The summed E-state index contributed by atoms with van der Waals surface area (Å²) in [7, 11) is 0. The summed E-state index contributed by atoms with van der Waals surface area (Å²) in [6.07, 6.45) is 1.43. The zero-order valence-electron chi connectivity index (χ0n) is 7.11. The molecule has 0 spiro atoms. The Kier molecular flexibility index (Phi) is 2.66. The molecule has 0 fully saturated rings. The summed E-state index contributed by atoms with van der Waals surface area (Å²) in [6.45, 7) is 0. The van der Waals surface area contributed by atoms with Crippen LogP contribution in [0.15, 0.2) is 36.5 Å². The Morgan fingerprint density at radius 2 is 1.71 bits per heavy atom. The molecule has 0 N–H and O–H groups in total. The zero-order valence-corrected chi connectivity index (χ0v) is 8.63. The summed E-state index contributed by atoms with van der Waals surface area (Å²) in [5.74, 6) is 0. The normalized spacial score (nSPS) is 10.1. The van der Waals surface area contributed by atoms with Crippen molar-refractivity contribution in [2.24, 2.45) is 0 Å². The van der Waals surface area contributed by atoms with E-state index < -0.39 is 0 Å². The van der Waals surface area contributed by atoms with Crippen molar-refractivity contribution in [1.82, 2.24) is 10.2 Å². The lowest BCUT2D eigenvalue weighted by atomic mass is 10.1. The van der Waals surface area contributed by atoms with Crippen molar-refractivity contribution >= 4 is 23.2 Å². The summed E-state index contributed by atoms with van der Waals surface area (Å²) >= 11 is 11.8. The smallest absolute Gasteiger partial charge is 0.113 e. The second-order valence-corrected chi connectivity index (χ2v) is 3.51. The van der Waals surface area contributed by atoms with Crippen LogP contribution in [0, 0.1) is 0 Å². The van der Waals surface area contributed by atoms with Gasteiger partial charge in [0.1, 0.15) is 5.69 Å². The predicted molar refractivity (Wildman–Crippen MR) is 57.5 cm³/mol. The van der Waals surface area contributed by atoms with E-state index in [1.54, 1.807) is 0 Å². The minimum Gasteiger partial charge on any atom is -0.157 e. The van der Waals surface area contributed by atoms with Gasteiger partial charge in [-0.2, -0.15) is 5.10 Å². The van der Waals surface area contributed by atoms with E-state index in [2.05, 4.69) is 10.2 Å². The Morgan fingerprint density at radius 1 is 1.00 bits per heavy atom. The highest BCUT2D eigenvalue weighted by Gasteiger charge is 2.08. The van der Waals surface area contributed by atoms with E-state index in [0.717, 1.165) is 5.56 Å². The van der Waals surface area contributed by atoms with Crippen molar-refractivity contribution in [3.8, 4) is 11.3 Å². The van der Waals surface area contributed by atoms with Crippen LogP contribution < -0.4 is 0 Å². The molecular formula is C10H6Cl2N2. The monoisotopic (exact) mass is 224 g/mol. The molecule has 0 aliphatic heterocycles. The highest BCUT2D eigenvalue weighted by Crippen LogP contribution is 2.30. The van der Waals surface area contributed by atoms with E-state index in [0.29, 0.717) is 15.7 Å². The fourth-order valence-electron chi connectivity index (χ4n) is 1.13. The molecule has 14 heavy (non-hydrogen) atoms. The van der Waals surface area contributed by atoms with Gasteiger partial charge in [-0.15, -0.1) is 5.10 Å². The van der Waals surface area contributed by atoms with E-state index in [1.165, 1.54) is 6.20 Å². The molecule has 1 aromatic heterocycles. The Morgan fingerprint density at radius 3 is 2.43 bits per heavy atom. The average Bonchev–Trinajstić information content (AvgIpc) is 2.23. The number of nitrogens with zero attached hydrogens (tertiary/aromatic N) is 2. The number of halogens is 2. The van der Waals surface area contributed by atoms with Gasteiger partial charge in [0.15, 0.2) is 0 Å². The van der Waals surface area contributed by atoms with E-state index in [1.807, 2.05) is 30.3 Å². The number of hydrogen-bond donors (Lipinski definition) is 0. The maximum atomic E-state index is 5.99. The first-order chi connectivity index (χ1) is 6.79. The Bertz CT molecular complexity index is 443. The van der Waals surface area contributed by atoms with Gasteiger partial charge in [-0.3, -0.25) is 0 Å². The van der Waals surface area contributed by atoms with Gasteiger partial charge >= 0.3 is 0 Å². The number of benzene rings is 1. The summed E-state index contributed by atoms with van der Waals surface area (Å²) in [5, 5.41) is 8.55. The predicted octanol–water partition coefficient (Wildman–Crippen LogP) is 3.45. The molecule has 2 nitrogen and oxygen atoms in total. The number of aromatic nitrogens is 2. The maximum absolute atomic E-state index is 5.99. The molecule has 0 atom stereocenters. The molecule has 2 rings (SSSR count). The lowest BCUT2D eigenvalue weighted by Gasteiger charge is -2.02. The lowest BCUT2D eigenvalue weighted by Crippen LogP contribution is -1.88. The van der Waals surface area contributed by atoms with E-state index in [4.69, 9.17) is 23.2 Å². The molecule has 4 heteroatoms. The van der Waals surface area contributed by atoms with E-state index in [9.17, 15) is 0 Å². The Labute approximate surface area is 91.5 Å². The first kappa shape index (κ1) is 9.44.